The molecule has 0 amide bonds. The van der Waals surface area contributed by atoms with E-state index in [1.54, 1.807) is 12.4 Å². The molecule has 8 heteroatoms. The summed E-state index contributed by atoms with van der Waals surface area (Å²) < 4.78 is 27.0. The minimum Gasteiger partial charge on any atom is -0.440 e. The van der Waals surface area contributed by atoms with Gasteiger partial charge in [0, 0.05) is 45.4 Å². The molecule has 0 spiro atoms. The fourth-order valence-electron chi connectivity index (χ4n) is 7.53. The van der Waals surface area contributed by atoms with E-state index >= 15 is 0 Å². The zero-order valence-electron chi connectivity index (χ0n) is 35.6. The topological polar surface area (TPSA) is 62.7 Å². The van der Waals surface area contributed by atoms with Crippen LogP contribution in [-0.4, -0.2) is 9.97 Å². The van der Waals surface area contributed by atoms with Crippen molar-refractivity contribution in [2.24, 2.45) is 0 Å². The van der Waals surface area contributed by atoms with E-state index in [0.717, 1.165) is 66.7 Å². The number of pyridine rings is 2. The largest absolute Gasteiger partial charge is 0.440 e. The second kappa shape index (κ2) is 15.6. The van der Waals surface area contributed by atoms with Crippen molar-refractivity contribution in [2.75, 3.05) is 0 Å². The number of hydrogen-bond acceptors (Lipinski definition) is 6. The molecule has 56 heavy (non-hydrogen) atoms. The minimum atomic E-state index is -0.325. The first-order valence-electron chi connectivity index (χ1n) is 19.4. The van der Waals surface area contributed by atoms with Gasteiger partial charge in [0.15, 0.2) is 11.5 Å². The van der Waals surface area contributed by atoms with Crippen molar-refractivity contribution in [3.05, 3.63) is 119 Å². The zero-order chi connectivity index (χ0) is 40.8. The lowest BCUT2D eigenvalue weighted by atomic mass is 9.72. The molecule has 0 saturated carbocycles. The molecule has 2 atom stereocenters. The summed E-state index contributed by atoms with van der Waals surface area (Å²) in [6, 6.07) is 24.7. The van der Waals surface area contributed by atoms with E-state index in [4.69, 9.17) is 18.1 Å². The molecule has 0 aliphatic carbocycles. The lowest BCUT2D eigenvalue weighted by Gasteiger charge is -2.35. The third kappa shape index (κ3) is 8.53. The first-order chi connectivity index (χ1) is 26.2. The molecule has 6 nitrogen and oxygen atoms in total. The van der Waals surface area contributed by atoms with Crippen LogP contribution in [0.25, 0.3) is 32.9 Å². The van der Waals surface area contributed by atoms with E-state index in [-0.39, 0.29) is 39.7 Å². The van der Waals surface area contributed by atoms with Crippen LogP contribution in [0.3, 0.4) is 0 Å². The summed E-state index contributed by atoms with van der Waals surface area (Å²) in [6.07, 6.45) is 3.59. The Morgan fingerprint density at radius 3 is 1.11 bits per heavy atom. The van der Waals surface area contributed by atoms with Crippen LogP contribution in [0.5, 0.6) is 23.0 Å². The van der Waals surface area contributed by atoms with Crippen molar-refractivity contribution in [1.29, 1.82) is 0 Å². The Morgan fingerprint density at radius 1 is 0.429 bits per heavy atom. The Hall–Kier alpha value is -4.24. The molecule has 0 radical (unpaired) electrons. The molecule has 0 saturated heterocycles. The Balaban J connectivity index is 1.60. The molecule has 2 unspecified atom stereocenters. The van der Waals surface area contributed by atoms with Crippen LogP contribution >= 0.6 is 18.1 Å². The molecule has 294 valence electrons. The van der Waals surface area contributed by atoms with E-state index in [1.165, 1.54) is 11.1 Å². The summed E-state index contributed by atoms with van der Waals surface area (Å²) in [5.41, 5.74) is 9.87. The maximum Gasteiger partial charge on any atom is 0.275 e. The number of nitrogens with zero attached hydrogens (tertiary/aromatic N) is 2. The van der Waals surface area contributed by atoms with Gasteiger partial charge in [0.1, 0.15) is 22.5 Å². The lowest BCUT2D eigenvalue weighted by Crippen LogP contribution is -2.22. The Kier molecular flexibility index (Phi) is 11.5. The zero-order valence-corrected chi connectivity index (χ0v) is 37.6. The number of benzene rings is 4. The van der Waals surface area contributed by atoms with E-state index < -0.39 is 0 Å². The first kappa shape index (κ1) is 41.4. The summed E-state index contributed by atoms with van der Waals surface area (Å²) >= 11 is 0. The van der Waals surface area contributed by atoms with Gasteiger partial charge in [0.05, 0.1) is 0 Å². The van der Waals surface area contributed by atoms with Crippen LogP contribution < -0.4 is 18.1 Å². The predicted molar refractivity (Wildman–Crippen MR) is 239 cm³/mol. The third-order valence-corrected chi connectivity index (χ3v) is 11.5. The van der Waals surface area contributed by atoms with Gasteiger partial charge in [0.2, 0.25) is 0 Å². The van der Waals surface area contributed by atoms with Gasteiger partial charge in [-0.05, 0) is 82.0 Å². The molecular weight excluding hydrogens is 730 g/mol. The van der Waals surface area contributed by atoms with Crippen molar-refractivity contribution in [3.8, 4) is 34.1 Å². The number of hydrogen-bond donors (Lipinski definition) is 0. The first-order valence-corrected chi connectivity index (χ1v) is 21.0. The smallest absolute Gasteiger partial charge is 0.275 e. The van der Waals surface area contributed by atoms with Crippen molar-refractivity contribution in [2.45, 2.75) is 119 Å². The Morgan fingerprint density at radius 2 is 0.768 bits per heavy atom. The van der Waals surface area contributed by atoms with Gasteiger partial charge in [-0.2, -0.15) is 0 Å². The summed E-state index contributed by atoms with van der Waals surface area (Å²) in [4.78, 5) is 9.26. The van der Waals surface area contributed by atoms with Crippen LogP contribution in [0.4, 0.5) is 0 Å². The molecule has 0 fully saturated rings. The van der Waals surface area contributed by atoms with Crippen LogP contribution in [0.1, 0.15) is 116 Å². The van der Waals surface area contributed by atoms with Gasteiger partial charge in [-0.15, -0.1) is 0 Å². The maximum absolute atomic E-state index is 7.02. The summed E-state index contributed by atoms with van der Waals surface area (Å²) in [5, 5.41) is 2.04. The highest BCUT2D eigenvalue weighted by Crippen LogP contribution is 2.54. The van der Waals surface area contributed by atoms with E-state index in [0.29, 0.717) is 11.5 Å². The van der Waals surface area contributed by atoms with Crippen molar-refractivity contribution < 1.29 is 18.1 Å². The van der Waals surface area contributed by atoms with Gasteiger partial charge in [0.25, 0.3) is 18.1 Å². The average Bonchev–Trinajstić information content (AvgIpc) is 3.10. The summed E-state index contributed by atoms with van der Waals surface area (Å²) in [6.45, 7) is 31.7. The highest BCUT2D eigenvalue weighted by Gasteiger charge is 2.35. The molecule has 4 aromatic carbocycles. The van der Waals surface area contributed by atoms with E-state index in [2.05, 4.69) is 119 Å². The van der Waals surface area contributed by atoms with E-state index in [9.17, 15) is 0 Å². The van der Waals surface area contributed by atoms with E-state index in [1.807, 2.05) is 60.7 Å². The standard InChI is InChI=1S/C48H58N2O4P2/c1-29-33(45(3,4)5)27-35(47(9,10)11)43(53-55-51-37-23-15-19-31-21-17-25-49-41(31)37)39(29)40-30(2)34(46(6,7)8)28-36(48(12,13)14)44(40)54-56-52-38-24-16-20-32-22-18-26-50-42(32)38/h15-28,55-56H,1-14H3. The van der Waals surface area contributed by atoms with Gasteiger partial charge in [-0.25, -0.2) is 0 Å². The SMILES string of the molecule is Cc1c(C(C)(C)C)cc(C(C)(C)C)c(OPOc2cccc3cccnc23)c1-c1c(C)c(C(C)(C)C)cc(C(C)(C)C)c1OPOc1cccc2cccnc12. The predicted octanol–water partition coefficient (Wildman–Crippen LogP) is 14.2. The molecular formula is C48H58N2O4P2. The van der Waals surface area contributed by atoms with Crippen molar-refractivity contribution in [1.82, 2.24) is 9.97 Å². The quantitative estimate of drug-likeness (QED) is 0.136. The minimum absolute atomic E-state index is 0.152. The number of aromatic nitrogens is 2. The second-order valence-corrected chi connectivity index (χ2v) is 20.0. The van der Waals surface area contributed by atoms with Gasteiger partial charge in [-0.3, -0.25) is 9.97 Å². The highest BCUT2D eigenvalue weighted by molar-refractivity contribution is 7.27. The molecule has 6 rings (SSSR count). The fourth-order valence-corrected chi connectivity index (χ4v) is 8.72. The molecule has 0 N–H and O–H groups in total. The number of rotatable bonds is 9. The molecule has 6 aromatic rings. The van der Waals surface area contributed by atoms with Crippen LogP contribution in [0.15, 0.2) is 85.2 Å². The fraction of sp³-hybridized carbons (Fsp3) is 0.375. The normalized spacial score (nSPS) is 13.0. The average molecular weight is 789 g/mol. The van der Waals surface area contributed by atoms with Crippen molar-refractivity contribution in [3.63, 3.8) is 0 Å². The maximum atomic E-state index is 7.02. The van der Waals surface area contributed by atoms with Gasteiger partial charge < -0.3 is 18.1 Å². The summed E-state index contributed by atoms with van der Waals surface area (Å²) in [5.74, 6) is 2.98. The Labute approximate surface area is 338 Å². The molecule has 0 aliphatic heterocycles. The monoisotopic (exact) mass is 788 g/mol. The van der Waals surface area contributed by atoms with Crippen molar-refractivity contribution >= 4 is 39.9 Å². The summed E-state index contributed by atoms with van der Waals surface area (Å²) in [7, 11) is -0.650. The number of fused-ring (bicyclic) bond motifs is 2. The molecule has 2 aromatic heterocycles. The molecule has 0 aliphatic rings. The van der Waals surface area contributed by atoms with Crippen LogP contribution in [0, 0.1) is 13.8 Å². The number of para-hydroxylation sites is 2. The Bertz CT molecular complexity index is 2220. The highest BCUT2D eigenvalue weighted by atomic mass is 31.1. The lowest BCUT2D eigenvalue weighted by molar-refractivity contribution is 0.485. The van der Waals surface area contributed by atoms with Crippen LogP contribution in [-0.2, 0) is 21.7 Å². The van der Waals surface area contributed by atoms with Crippen LogP contribution in [0.2, 0.25) is 0 Å². The molecule has 0 bridgehead atoms. The molecule has 2 heterocycles. The van der Waals surface area contributed by atoms with Gasteiger partial charge >= 0.3 is 0 Å². The van der Waals surface area contributed by atoms with Gasteiger partial charge in [-0.1, -0.05) is 132 Å². The third-order valence-electron chi connectivity index (χ3n) is 10.3. The second-order valence-electron chi connectivity index (χ2n) is 18.8.